The number of amides is 2. The number of aromatic amines is 1. The van der Waals surface area contributed by atoms with E-state index in [4.69, 9.17) is 0 Å². The Kier molecular flexibility index (Phi) is 4.42. The number of nitrogens with one attached hydrogen (secondary N) is 3. The van der Waals surface area contributed by atoms with E-state index in [-0.39, 0.29) is 23.9 Å². The van der Waals surface area contributed by atoms with Crippen molar-refractivity contribution in [2.45, 2.75) is 50.6 Å². The summed E-state index contributed by atoms with van der Waals surface area (Å²) in [6, 6.07) is 6.40. The number of hydrogen-bond donors (Lipinski definition) is 3. The van der Waals surface area contributed by atoms with Gasteiger partial charge in [0.2, 0.25) is 0 Å². The Morgan fingerprint density at radius 1 is 1.24 bits per heavy atom. The van der Waals surface area contributed by atoms with Gasteiger partial charge in [0.25, 0.3) is 0 Å². The van der Waals surface area contributed by atoms with E-state index < -0.39 is 0 Å². The Hall–Kier alpha value is -2.37. The number of urea groups is 1. The number of nitrogens with zero attached hydrogens (tertiary/aromatic N) is 1. The molecule has 0 bridgehead atoms. The van der Waals surface area contributed by atoms with E-state index in [0.29, 0.717) is 5.92 Å². The maximum Gasteiger partial charge on any atom is 0.315 e. The first-order valence-electron chi connectivity index (χ1n) is 9.02. The smallest absolute Gasteiger partial charge is 0.315 e. The lowest BCUT2D eigenvalue weighted by molar-refractivity contribution is 0.204. The van der Waals surface area contributed by atoms with Gasteiger partial charge in [-0.05, 0) is 61.3 Å². The molecule has 1 fully saturated rings. The van der Waals surface area contributed by atoms with Crippen molar-refractivity contribution in [3.63, 3.8) is 0 Å². The number of carbonyl (C=O) groups is 1. The van der Waals surface area contributed by atoms with E-state index in [2.05, 4.69) is 20.8 Å². The molecule has 2 aliphatic rings. The Morgan fingerprint density at radius 3 is 2.76 bits per heavy atom. The summed E-state index contributed by atoms with van der Waals surface area (Å²) in [6.07, 6.45) is 7.87. The van der Waals surface area contributed by atoms with Gasteiger partial charge >= 0.3 is 6.03 Å². The van der Waals surface area contributed by atoms with E-state index in [9.17, 15) is 9.18 Å². The molecule has 1 aromatic heterocycles. The van der Waals surface area contributed by atoms with Gasteiger partial charge in [0.1, 0.15) is 5.82 Å². The molecule has 5 nitrogen and oxygen atoms in total. The average Bonchev–Trinajstić information content (AvgIpc) is 3.01. The Balaban J connectivity index is 1.40. The highest BCUT2D eigenvalue weighted by molar-refractivity contribution is 5.75. The SMILES string of the molecule is O=C(N[C@H]1CCc2[nH]ncc2C1)N[C@@H](c1ccc(F)cc1)C1CCC1. The van der Waals surface area contributed by atoms with Crippen LogP contribution in [0.3, 0.4) is 0 Å². The van der Waals surface area contributed by atoms with Gasteiger partial charge < -0.3 is 10.6 Å². The molecule has 1 saturated carbocycles. The van der Waals surface area contributed by atoms with Crippen molar-refractivity contribution >= 4 is 6.03 Å². The Bertz CT molecular complexity index is 738. The topological polar surface area (TPSA) is 69.8 Å². The van der Waals surface area contributed by atoms with E-state index in [1.54, 1.807) is 12.1 Å². The number of fused-ring (bicyclic) bond motifs is 1. The van der Waals surface area contributed by atoms with Crippen LogP contribution in [0.4, 0.5) is 9.18 Å². The number of hydrogen-bond acceptors (Lipinski definition) is 2. The van der Waals surface area contributed by atoms with Gasteiger partial charge in [0.05, 0.1) is 12.2 Å². The number of benzene rings is 1. The van der Waals surface area contributed by atoms with Crippen LogP contribution < -0.4 is 10.6 Å². The number of halogens is 1. The van der Waals surface area contributed by atoms with Crippen LogP contribution in [0.15, 0.2) is 30.5 Å². The molecule has 4 rings (SSSR count). The van der Waals surface area contributed by atoms with Gasteiger partial charge in [-0.2, -0.15) is 5.10 Å². The van der Waals surface area contributed by atoms with Crippen LogP contribution in [0.5, 0.6) is 0 Å². The third kappa shape index (κ3) is 3.52. The minimum atomic E-state index is -0.251. The molecule has 132 valence electrons. The van der Waals surface area contributed by atoms with E-state index >= 15 is 0 Å². The van der Waals surface area contributed by atoms with Crippen molar-refractivity contribution in [1.29, 1.82) is 0 Å². The van der Waals surface area contributed by atoms with Crippen LogP contribution in [0.2, 0.25) is 0 Å². The molecule has 2 atom stereocenters. The molecule has 1 heterocycles. The maximum atomic E-state index is 13.2. The fraction of sp³-hybridized carbons (Fsp3) is 0.474. The second kappa shape index (κ2) is 6.86. The predicted octanol–water partition coefficient (Wildman–Crippen LogP) is 3.25. The molecule has 0 radical (unpaired) electrons. The molecule has 6 heteroatoms. The van der Waals surface area contributed by atoms with Gasteiger partial charge in [0, 0.05) is 11.7 Å². The van der Waals surface area contributed by atoms with Gasteiger partial charge in [0.15, 0.2) is 0 Å². The third-order valence-corrected chi connectivity index (χ3v) is 5.49. The maximum absolute atomic E-state index is 13.2. The average molecular weight is 342 g/mol. The van der Waals surface area contributed by atoms with Crippen LogP contribution in [-0.4, -0.2) is 22.3 Å². The highest BCUT2D eigenvalue weighted by Crippen LogP contribution is 2.37. The summed E-state index contributed by atoms with van der Waals surface area (Å²) in [6.45, 7) is 0. The van der Waals surface area contributed by atoms with Gasteiger partial charge in [-0.1, -0.05) is 18.6 Å². The summed E-state index contributed by atoms with van der Waals surface area (Å²) in [4.78, 5) is 12.5. The van der Waals surface area contributed by atoms with Crippen molar-refractivity contribution in [2.75, 3.05) is 0 Å². The van der Waals surface area contributed by atoms with Crippen molar-refractivity contribution in [2.24, 2.45) is 5.92 Å². The normalized spacial score (nSPS) is 21.1. The van der Waals surface area contributed by atoms with Crippen LogP contribution in [0, 0.1) is 11.7 Å². The first kappa shape index (κ1) is 16.1. The zero-order chi connectivity index (χ0) is 17.2. The molecule has 2 aliphatic carbocycles. The summed E-state index contributed by atoms with van der Waals surface area (Å²) in [5.41, 5.74) is 3.34. The summed E-state index contributed by atoms with van der Waals surface area (Å²) < 4.78 is 13.2. The molecule has 2 amide bonds. The number of H-pyrrole nitrogens is 1. The molecule has 0 aliphatic heterocycles. The van der Waals surface area contributed by atoms with Crippen LogP contribution in [0.1, 0.15) is 48.5 Å². The lowest BCUT2D eigenvalue weighted by atomic mass is 9.77. The first-order chi connectivity index (χ1) is 12.2. The quantitative estimate of drug-likeness (QED) is 0.798. The second-order valence-electron chi connectivity index (χ2n) is 7.15. The van der Waals surface area contributed by atoms with Crippen molar-refractivity contribution < 1.29 is 9.18 Å². The molecule has 3 N–H and O–H groups in total. The van der Waals surface area contributed by atoms with Crippen LogP contribution in [0.25, 0.3) is 0 Å². The summed E-state index contributed by atoms with van der Waals surface area (Å²) in [5.74, 6) is 0.182. The van der Waals surface area contributed by atoms with Crippen molar-refractivity contribution in [3.05, 3.63) is 53.1 Å². The zero-order valence-corrected chi connectivity index (χ0v) is 14.1. The van der Waals surface area contributed by atoms with Gasteiger partial charge in [-0.25, -0.2) is 9.18 Å². The highest BCUT2D eigenvalue weighted by atomic mass is 19.1. The predicted molar refractivity (Wildman–Crippen MR) is 92.6 cm³/mol. The molecular formula is C19H23FN4O. The summed E-state index contributed by atoms with van der Waals surface area (Å²) in [5, 5.41) is 13.3. The van der Waals surface area contributed by atoms with Crippen molar-refractivity contribution in [3.8, 4) is 0 Å². The van der Waals surface area contributed by atoms with E-state index in [1.165, 1.54) is 29.8 Å². The lowest BCUT2D eigenvalue weighted by Crippen LogP contribution is -2.47. The molecular weight excluding hydrogens is 319 g/mol. The fourth-order valence-corrected chi connectivity index (χ4v) is 3.82. The van der Waals surface area contributed by atoms with Gasteiger partial charge in [-0.3, -0.25) is 5.10 Å². The minimum absolute atomic E-state index is 0.0533. The molecule has 25 heavy (non-hydrogen) atoms. The Labute approximate surface area is 146 Å². The van der Waals surface area contributed by atoms with Crippen LogP contribution >= 0.6 is 0 Å². The number of aryl methyl sites for hydroxylation is 1. The fourth-order valence-electron chi connectivity index (χ4n) is 3.82. The van der Waals surface area contributed by atoms with E-state index in [1.807, 2.05) is 6.20 Å². The molecule has 0 saturated heterocycles. The number of rotatable bonds is 4. The minimum Gasteiger partial charge on any atom is -0.335 e. The highest BCUT2D eigenvalue weighted by Gasteiger charge is 2.30. The molecule has 1 aromatic carbocycles. The Morgan fingerprint density at radius 2 is 2.04 bits per heavy atom. The van der Waals surface area contributed by atoms with Crippen molar-refractivity contribution in [1.82, 2.24) is 20.8 Å². The monoisotopic (exact) mass is 342 g/mol. The molecule has 0 spiro atoms. The zero-order valence-electron chi connectivity index (χ0n) is 14.1. The summed E-state index contributed by atoms with van der Waals surface area (Å²) in [7, 11) is 0. The molecule has 0 unspecified atom stereocenters. The largest absolute Gasteiger partial charge is 0.335 e. The van der Waals surface area contributed by atoms with Gasteiger partial charge in [-0.15, -0.1) is 0 Å². The standard InChI is InChI=1S/C19H23FN4O/c20-15-6-4-13(5-7-15)18(12-2-1-3-12)23-19(25)22-16-8-9-17-14(10-16)11-21-24-17/h4-7,11-12,16,18H,1-3,8-10H2,(H,21,24)(H2,22,23,25)/t16-,18+/m0/s1. The number of aromatic nitrogens is 2. The van der Waals surface area contributed by atoms with E-state index in [0.717, 1.165) is 37.7 Å². The lowest BCUT2D eigenvalue weighted by Gasteiger charge is -2.35. The first-order valence-corrected chi connectivity index (χ1v) is 9.02. The second-order valence-corrected chi connectivity index (χ2v) is 7.15. The number of carbonyl (C=O) groups excluding carboxylic acids is 1. The molecule has 2 aromatic rings. The third-order valence-electron chi connectivity index (χ3n) is 5.49. The summed E-state index contributed by atoms with van der Waals surface area (Å²) >= 11 is 0. The van der Waals surface area contributed by atoms with Crippen LogP contribution in [-0.2, 0) is 12.8 Å².